The smallest absolute Gasteiger partial charge is 0.390 e. The van der Waals surface area contributed by atoms with E-state index in [2.05, 4.69) is 15.3 Å². The highest BCUT2D eigenvalue weighted by molar-refractivity contribution is 6.04. The van der Waals surface area contributed by atoms with Gasteiger partial charge in [0.05, 0.1) is 17.6 Å². The number of imidazole rings is 1. The summed E-state index contributed by atoms with van der Waals surface area (Å²) >= 11 is 0. The van der Waals surface area contributed by atoms with E-state index in [0.717, 1.165) is 31.2 Å². The second kappa shape index (κ2) is 11.0. The van der Waals surface area contributed by atoms with Crippen molar-refractivity contribution in [1.82, 2.24) is 24.3 Å². The molecule has 1 unspecified atom stereocenters. The summed E-state index contributed by atoms with van der Waals surface area (Å²) < 4.78 is 40.9. The number of carbonyl (C=O) groups excluding carboxylic acids is 2. The average molecular weight is 582 g/mol. The van der Waals surface area contributed by atoms with E-state index in [1.165, 1.54) is 12.1 Å². The number of halogens is 3. The number of anilines is 2. The quantitative estimate of drug-likeness (QED) is 0.305. The first-order valence-electron chi connectivity index (χ1n) is 13.4. The Labute approximate surface area is 239 Å². The van der Waals surface area contributed by atoms with Crippen molar-refractivity contribution in [2.24, 2.45) is 0 Å². The van der Waals surface area contributed by atoms with Crippen LogP contribution in [0.2, 0.25) is 0 Å². The standard InChI is InChI=1S/C29H30F3N7O3/c1-28(2,42)15-22(40)38-12-3-4-19(16-38)26-37-23(24-25(33)35-11-13-39(24)26)17-5-7-18(8-6-17)27(41)36-21-14-20(9-10-34-21)29(30,31)32/h5-11,13-14,19,42H,3-4,12,15-16H2,1-2H3,(H2,33,35)(H,34,36,41). The lowest BCUT2D eigenvalue weighted by Gasteiger charge is -2.33. The second-order valence-electron chi connectivity index (χ2n) is 11.0. The van der Waals surface area contributed by atoms with E-state index in [9.17, 15) is 27.9 Å². The number of alkyl halides is 3. The Morgan fingerprint density at radius 3 is 2.55 bits per heavy atom. The molecule has 4 N–H and O–H groups in total. The maximum Gasteiger partial charge on any atom is 0.416 e. The molecule has 2 amide bonds. The molecule has 1 aromatic carbocycles. The number of nitrogen functional groups attached to an aromatic ring is 1. The van der Waals surface area contributed by atoms with E-state index in [1.54, 1.807) is 43.3 Å². The Hall–Kier alpha value is -4.52. The van der Waals surface area contributed by atoms with Crippen molar-refractivity contribution in [3.05, 3.63) is 71.9 Å². The molecule has 3 aromatic heterocycles. The first kappa shape index (κ1) is 29.0. The summed E-state index contributed by atoms with van der Waals surface area (Å²) in [5.74, 6) is -0.0731. The number of amides is 2. The number of pyridine rings is 1. The average Bonchev–Trinajstić information content (AvgIpc) is 3.33. The van der Waals surface area contributed by atoms with Crippen molar-refractivity contribution in [2.75, 3.05) is 24.1 Å². The molecule has 0 radical (unpaired) electrons. The molecule has 4 aromatic rings. The number of aliphatic hydroxyl groups is 1. The highest BCUT2D eigenvalue weighted by Crippen LogP contribution is 2.34. The van der Waals surface area contributed by atoms with Crippen LogP contribution in [0.3, 0.4) is 0 Å². The van der Waals surface area contributed by atoms with E-state index in [1.807, 2.05) is 4.40 Å². The summed E-state index contributed by atoms with van der Waals surface area (Å²) in [7, 11) is 0. The third-order valence-electron chi connectivity index (χ3n) is 7.08. The predicted molar refractivity (Wildman–Crippen MR) is 149 cm³/mol. The van der Waals surface area contributed by atoms with Gasteiger partial charge in [0.1, 0.15) is 28.7 Å². The van der Waals surface area contributed by atoms with Crippen LogP contribution in [0, 0.1) is 0 Å². The first-order valence-corrected chi connectivity index (χ1v) is 13.4. The number of hydrogen-bond donors (Lipinski definition) is 3. The molecule has 0 spiro atoms. The Morgan fingerprint density at radius 2 is 1.86 bits per heavy atom. The molecule has 42 heavy (non-hydrogen) atoms. The summed E-state index contributed by atoms with van der Waals surface area (Å²) in [6, 6.07) is 8.01. The van der Waals surface area contributed by atoms with Crippen LogP contribution < -0.4 is 11.1 Å². The maximum atomic E-state index is 13.0. The molecule has 10 nitrogen and oxygen atoms in total. The lowest BCUT2D eigenvalue weighted by Crippen LogP contribution is -2.42. The third-order valence-corrected chi connectivity index (χ3v) is 7.08. The fourth-order valence-electron chi connectivity index (χ4n) is 5.12. The van der Waals surface area contributed by atoms with Gasteiger partial charge in [0.2, 0.25) is 5.91 Å². The number of nitrogens with one attached hydrogen (secondary N) is 1. The zero-order valence-electron chi connectivity index (χ0n) is 23.0. The van der Waals surface area contributed by atoms with Gasteiger partial charge in [-0.25, -0.2) is 15.0 Å². The van der Waals surface area contributed by atoms with Gasteiger partial charge in [-0.05, 0) is 51.0 Å². The summed E-state index contributed by atoms with van der Waals surface area (Å²) in [5.41, 5.74) is 6.23. The van der Waals surface area contributed by atoms with Gasteiger partial charge in [-0.2, -0.15) is 13.2 Å². The van der Waals surface area contributed by atoms with Crippen LogP contribution in [-0.4, -0.2) is 59.9 Å². The van der Waals surface area contributed by atoms with Crippen LogP contribution in [0.15, 0.2) is 55.0 Å². The minimum absolute atomic E-state index is 0.0217. The van der Waals surface area contributed by atoms with Gasteiger partial charge in [-0.15, -0.1) is 0 Å². The Balaban J connectivity index is 1.40. The highest BCUT2D eigenvalue weighted by Gasteiger charge is 2.32. The number of likely N-dealkylation sites (tertiary alicyclic amines) is 1. The molecule has 220 valence electrons. The zero-order chi connectivity index (χ0) is 30.2. The molecule has 13 heteroatoms. The van der Waals surface area contributed by atoms with E-state index in [-0.39, 0.29) is 35.4 Å². The molecular weight excluding hydrogens is 551 g/mol. The molecule has 1 saturated heterocycles. The van der Waals surface area contributed by atoms with Crippen molar-refractivity contribution >= 4 is 29.0 Å². The normalized spacial score (nSPS) is 16.0. The van der Waals surface area contributed by atoms with Gasteiger partial charge < -0.3 is 21.1 Å². The number of nitrogens with zero attached hydrogens (tertiary/aromatic N) is 5. The molecular formula is C29H30F3N7O3. The van der Waals surface area contributed by atoms with Gasteiger partial charge in [0.15, 0.2) is 0 Å². The minimum Gasteiger partial charge on any atom is -0.390 e. The molecule has 1 fully saturated rings. The maximum absolute atomic E-state index is 13.0. The number of piperidine rings is 1. The largest absolute Gasteiger partial charge is 0.416 e. The zero-order valence-corrected chi connectivity index (χ0v) is 23.0. The number of hydrogen-bond acceptors (Lipinski definition) is 7. The van der Waals surface area contributed by atoms with E-state index in [4.69, 9.17) is 10.7 Å². The van der Waals surface area contributed by atoms with E-state index >= 15 is 0 Å². The lowest BCUT2D eigenvalue weighted by atomic mass is 9.95. The minimum atomic E-state index is -4.56. The fraction of sp³-hybridized carbons (Fsp3) is 0.345. The van der Waals surface area contributed by atoms with Crippen LogP contribution >= 0.6 is 0 Å². The Morgan fingerprint density at radius 1 is 1.12 bits per heavy atom. The Bertz CT molecular complexity index is 1630. The number of fused-ring (bicyclic) bond motifs is 1. The van der Waals surface area contributed by atoms with Crippen LogP contribution in [-0.2, 0) is 11.0 Å². The number of nitrogens with two attached hydrogens (primary N) is 1. The van der Waals surface area contributed by atoms with Crippen molar-refractivity contribution < 1.29 is 27.9 Å². The number of aromatic nitrogens is 4. The highest BCUT2D eigenvalue weighted by atomic mass is 19.4. The molecule has 1 atom stereocenters. The Kier molecular flexibility index (Phi) is 7.62. The molecule has 0 saturated carbocycles. The van der Waals surface area contributed by atoms with Gasteiger partial charge in [0.25, 0.3) is 5.91 Å². The topological polar surface area (TPSA) is 139 Å². The molecule has 0 bridgehead atoms. The van der Waals surface area contributed by atoms with Gasteiger partial charge in [0, 0.05) is 48.7 Å². The summed E-state index contributed by atoms with van der Waals surface area (Å²) in [4.78, 5) is 40.3. The van der Waals surface area contributed by atoms with E-state index < -0.39 is 23.2 Å². The number of benzene rings is 1. The molecule has 4 heterocycles. The SMILES string of the molecule is CC(C)(O)CC(=O)N1CCCC(c2nc(-c3ccc(C(=O)Nc4cc(C(F)(F)F)ccn4)cc3)c3c(N)nccn23)C1. The van der Waals surface area contributed by atoms with Crippen LogP contribution in [0.5, 0.6) is 0 Å². The number of carbonyl (C=O) groups is 2. The first-order chi connectivity index (χ1) is 19.8. The summed E-state index contributed by atoms with van der Waals surface area (Å²) in [6.07, 6.45) is 1.36. The summed E-state index contributed by atoms with van der Waals surface area (Å²) in [6.45, 7) is 4.25. The summed E-state index contributed by atoms with van der Waals surface area (Å²) in [5, 5.41) is 12.5. The van der Waals surface area contributed by atoms with Gasteiger partial charge in [-0.1, -0.05) is 12.1 Å². The van der Waals surface area contributed by atoms with Crippen LogP contribution in [0.25, 0.3) is 16.8 Å². The van der Waals surface area contributed by atoms with Crippen LogP contribution in [0.4, 0.5) is 24.8 Å². The van der Waals surface area contributed by atoms with Crippen molar-refractivity contribution in [1.29, 1.82) is 0 Å². The third kappa shape index (κ3) is 6.20. The molecule has 5 rings (SSSR count). The number of rotatable bonds is 6. The predicted octanol–water partition coefficient (Wildman–Crippen LogP) is 4.51. The fourth-order valence-corrected chi connectivity index (χ4v) is 5.12. The van der Waals surface area contributed by atoms with E-state index in [0.29, 0.717) is 35.7 Å². The van der Waals surface area contributed by atoms with Gasteiger partial charge in [-0.3, -0.25) is 14.0 Å². The molecule has 1 aliphatic heterocycles. The molecule has 0 aliphatic carbocycles. The monoisotopic (exact) mass is 581 g/mol. The van der Waals surface area contributed by atoms with Crippen molar-refractivity contribution in [2.45, 2.75) is 50.8 Å². The molecule has 1 aliphatic rings. The second-order valence-corrected chi connectivity index (χ2v) is 11.0. The van der Waals surface area contributed by atoms with Gasteiger partial charge >= 0.3 is 6.18 Å². The lowest BCUT2D eigenvalue weighted by molar-refractivity contribution is -0.138. The van der Waals surface area contributed by atoms with Crippen molar-refractivity contribution in [3.8, 4) is 11.3 Å². The van der Waals surface area contributed by atoms with Crippen LogP contribution in [0.1, 0.15) is 60.8 Å². The van der Waals surface area contributed by atoms with Crippen molar-refractivity contribution in [3.63, 3.8) is 0 Å².